The number of hydrogen-bond acceptors (Lipinski definition) is 61. The fraction of sp³-hybridized carbons (Fsp3) is 0.500. The Morgan fingerprint density at radius 1 is 0.256 bits per heavy atom. The number of nitrogen functional groups attached to an aromatic ring is 6. The van der Waals surface area contributed by atoms with Gasteiger partial charge in [0.1, 0.15) is 215 Å². The minimum atomic E-state index is -5.17. The molecule has 0 bridgehead atoms. The number of nitrogens with two attached hydrogens (primary N) is 6. The number of rotatable bonds is 34. The van der Waals surface area contributed by atoms with Crippen LogP contribution in [0.2, 0.25) is 0 Å². The predicted molar refractivity (Wildman–Crippen MR) is 450 cm³/mol. The van der Waals surface area contributed by atoms with Gasteiger partial charge < -0.3 is 183 Å². The van der Waals surface area contributed by atoms with Gasteiger partial charge in [-0.05, 0) is 0 Å². The molecule has 0 radical (unpaired) electrons. The second kappa shape index (κ2) is 37.5. The van der Waals surface area contributed by atoms with Crippen LogP contribution < -0.4 is 68.7 Å². The lowest BCUT2D eigenvalue weighted by molar-refractivity contribution is -0.322. The second-order valence-electron chi connectivity index (χ2n) is 29.6. The molecule has 12 aromatic rings. The smallest absolute Gasteiger partial charge is 0.167 e. The molecule has 133 heavy (non-hydrogen) atoms. The molecule has 0 spiro atoms. The van der Waals surface area contributed by atoms with Crippen LogP contribution in [0.1, 0.15) is 37.4 Å². The van der Waals surface area contributed by atoms with Crippen LogP contribution in [0.3, 0.4) is 0 Å². The molecule has 18 rings (SSSR count). The molecule has 5 unspecified atom stereocenters. The second-order valence-corrected chi connectivity index (χ2v) is 45.7. The number of ether oxygens (including phenoxy) is 6. The topological polar surface area (TPSA) is 878 Å². The number of aromatic nitrogens is 24. The molecular weight excluding hydrogens is 2020 g/mol. The molecule has 0 aliphatic carbocycles. The highest BCUT2D eigenvalue weighted by molar-refractivity contribution is 8.07. The van der Waals surface area contributed by atoms with Crippen molar-refractivity contribution in [1.82, 2.24) is 117 Å². The zero-order valence-corrected chi connectivity index (χ0v) is 76.6. The summed E-state index contributed by atoms with van der Waals surface area (Å²) in [5.74, 6) is -0.618. The highest BCUT2D eigenvalue weighted by atomic mass is 32.5. The minimum Gasteiger partial charge on any atom is -0.812 e. The highest BCUT2D eigenvalue weighted by Crippen LogP contribution is 2.56. The molecule has 6 aliphatic rings. The fourth-order valence-electron chi connectivity index (χ4n) is 15.3. The Balaban J connectivity index is 0.553. The molecule has 6 saturated heterocycles. The van der Waals surface area contributed by atoms with Crippen LogP contribution in [0, 0.1) is 0 Å². The normalized spacial score (nSPS) is 31.6. The molecule has 61 nitrogen and oxygen atoms in total. The standard InChI is InChI=1S/C60H74N30O31P6S6/c61-43-25-49(73-7-67-43)85(13-79-25)55-37(97)31(91)19(111-55)2-106-123(100,129)118-39-33(93)21(113-57(39)87-15-81-27-45(63)69-9-75-51(27)87)4-108-125(102,131)120-41-35(95)23(115-59(41)89-17-83-29-47(65)71-11-77-53(29)89)6-110-127(104,133)121-42-36(96)24(116-60(42)90-18-84-30-48(66)72-12-78-54(30)90)5-109-126(103,132)119-40-34(94)22(114-58(40)88-16-82-28-46(64)70-10-76-52(28)88)3-107-124(101,130)117-38-32(92)20(1-105-122(98,99)128)112-56(38)86-14-80-26-44(62)68-8-74-50(26)86/h7-24,31-42,55-60,91-97H,1-6H2,(H,100,129)(H,101,130)(H,102,131)(H,103,132)(H,104,133)(H2,61,67,73)(H2,62,68,74)(H2,63,69,75)(H2,64,70,76)(H2,65,71,77)(H2,66,72,78)(H2,98,99,128)/p-7/t19-,20-,21-,22-,23-,24-,31-,32-,33-,34-,35-,36-,37-,38-,39-,40-,41-,42-,55-,56-,57-,58-,59-,60-,123?,124?,125?,126?,127?/m1/s1. The third-order valence-corrected chi connectivity index (χ3v) is 30.0. The summed E-state index contributed by atoms with van der Waals surface area (Å²) in [6, 6.07) is 0. The Morgan fingerprint density at radius 3 is 0.624 bits per heavy atom. The van der Waals surface area contributed by atoms with Gasteiger partial charge in [0, 0.05) is 0 Å². The van der Waals surface area contributed by atoms with E-state index < -0.39 is 227 Å². The lowest BCUT2D eigenvalue weighted by Crippen LogP contribution is -2.39. The fourth-order valence-corrected chi connectivity index (χ4v) is 22.8. The molecule has 29 atom stereocenters. The van der Waals surface area contributed by atoms with Crippen molar-refractivity contribution in [1.29, 1.82) is 0 Å². The Kier molecular flexibility index (Phi) is 27.1. The number of aliphatic hydroxyl groups is 7. The van der Waals surface area contributed by atoms with E-state index in [1.165, 1.54) is 20.0 Å². The van der Waals surface area contributed by atoms with Crippen LogP contribution in [0.5, 0.6) is 0 Å². The van der Waals surface area contributed by atoms with E-state index in [4.69, 9.17) is 172 Å². The van der Waals surface area contributed by atoms with Gasteiger partial charge in [0.15, 0.2) is 106 Å². The van der Waals surface area contributed by atoms with Gasteiger partial charge in [0.05, 0.1) is 77.6 Å². The minimum absolute atomic E-state index is 0.00231. The van der Waals surface area contributed by atoms with Crippen LogP contribution in [-0.2, 0) is 149 Å². The van der Waals surface area contributed by atoms with Gasteiger partial charge in [-0.2, -0.15) is 0 Å². The number of imidazole rings is 6. The summed E-state index contributed by atoms with van der Waals surface area (Å²) in [6.07, 6.45) is -29.5. The van der Waals surface area contributed by atoms with Gasteiger partial charge in [-0.25, -0.2) is 89.7 Å². The van der Waals surface area contributed by atoms with Gasteiger partial charge in [0.2, 0.25) is 0 Å². The molecular formula is C60H67N30O31P6S6-7. The molecule has 19 N–H and O–H groups in total. The van der Waals surface area contributed by atoms with E-state index in [0.29, 0.717) is 0 Å². The van der Waals surface area contributed by atoms with E-state index >= 15 is 0 Å². The van der Waals surface area contributed by atoms with E-state index in [-0.39, 0.29) is 102 Å². The zero-order chi connectivity index (χ0) is 94.2. The van der Waals surface area contributed by atoms with Crippen LogP contribution in [-0.4, -0.2) is 302 Å². The largest absolute Gasteiger partial charge is 0.812 e. The molecule has 0 aromatic carbocycles. The van der Waals surface area contributed by atoms with Crippen LogP contribution in [0.25, 0.3) is 67.0 Å². The summed E-state index contributed by atoms with van der Waals surface area (Å²) < 4.78 is 107. The van der Waals surface area contributed by atoms with Gasteiger partial charge in [-0.15, -0.1) is 11.8 Å². The third kappa shape index (κ3) is 19.3. The molecule has 73 heteroatoms. The molecule has 0 saturated carbocycles. The van der Waals surface area contributed by atoms with Crippen LogP contribution >= 0.6 is 40.3 Å². The zero-order valence-electron chi connectivity index (χ0n) is 66.3. The number of hydrogen-bond donors (Lipinski definition) is 13. The van der Waals surface area contributed by atoms with Crippen molar-refractivity contribution in [2.75, 3.05) is 74.0 Å². The molecule has 6 aliphatic heterocycles. The molecule has 716 valence electrons. The number of anilines is 6. The average Bonchev–Trinajstić information content (AvgIpc) is 1.62. The van der Waals surface area contributed by atoms with Crippen molar-refractivity contribution in [3.63, 3.8) is 0 Å². The molecule has 18 heterocycles. The monoisotopic (exact) mass is 2080 g/mol. The summed E-state index contributed by atoms with van der Waals surface area (Å²) in [6.45, 7) is -35.9. The van der Waals surface area contributed by atoms with Crippen molar-refractivity contribution >= 4 is 213 Å². The average molecular weight is 2080 g/mol. The third-order valence-electron chi connectivity index (χ3n) is 21.5. The number of aliphatic hydroxyl groups excluding tert-OH is 7. The first-order chi connectivity index (χ1) is 63.1. The molecule has 0 amide bonds. The van der Waals surface area contributed by atoms with Crippen molar-refractivity contribution in [2.24, 2.45) is 0 Å². The van der Waals surface area contributed by atoms with Gasteiger partial charge in [0.25, 0.3) is 0 Å². The summed E-state index contributed by atoms with van der Waals surface area (Å²) in [5.41, 5.74) is 36.5. The van der Waals surface area contributed by atoms with E-state index in [1.807, 2.05) is 0 Å². The lowest BCUT2D eigenvalue weighted by atomic mass is 10.1. The van der Waals surface area contributed by atoms with E-state index in [2.05, 4.69) is 102 Å². The number of fused-ring (bicyclic) bond motifs is 6. The Labute approximate surface area is 771 Å². The first-order valence-electron chi connectivity index (χ1n) is 38.2. The predicted octanol–water partition coefficient (Wildman–Crippen LogP) is -9.68. The van der Waals surface area contributed by atoms with Crippen molar-refractivity contribution < 1.29 is 148 Å². The van der Waals surface area contributed by atoms with Crippen molar-refractivity contribution in [2.45, 2.75) is 147 Å². The van der Waals surface area contributed by atoms with Crippen LogP contribution in [0.4, 0.5) is 34.9 Å². The highest BCUT2D eigenvalue weighted by Gasteiger charge is 2.55. The Bertz CT molecular complexity index is 6710. The van der Waals surface area contributed by atoms with E-state index in [9.17, 15) is 70.0 Å². The van der Waals surface area contributed by atoms with Crippen LogP contribution in [0.15, 0.2) is 75.9 Å². The summed E-state index contributed by atoms with van der Waals surface area (Å²) in [4.78, 5) is 171. The maximum Gasteiger partial charge on any atom is 0.167 e. The van der Waals surface area contributed by atoms with Gasteiger partial charge in [-0.1, -0.05) is 65.8 Å². The first-order valence-corrected chi connectivity index (χ1v) is 53.6. The molecule has 6 fully saturated rings. The van der Waals surface area contributed by atoms with Gasteiger partial charge >= 0.3 is 0 Å². The van der Waals surface area contributed by atoms with Gasteiger partial charge in [-0.3, -0.25) is 27.4 Å². The van der Waals surface area contributed by atoms with Crippen molar-refractivity contribution in [3.8, 4) is 0 Å². The van der Waals surface area contributed by atoms with Crippen molar-refractivity contribution in [3.05, 3.63) is 75.9 Å². The Hall–Kier alpha value is -7.24. The quantitative estimate of drug-likeness (QED) is 0.0167. The lowest BCUT2D eigenvalue weighted by Gasteiger charge is -2.35. The first kappa shape index (κ1) is 96.0. The SMILES string of the molecule is Nc1ncnc2c1ncn2[C@@H]1O[C@H](COP([O-])(=S)O[C@@H]2[C@H](O)[C@@H](COP([O-])(=S)O[C@@H]3[C@H](O)[C@@H](COP([O-])(=S)O[C@@H]4[C@H](O)[C@@H](COP([O-])(=S)O[C@@H]5[C@H](O)[C@@H](COP([O-])(=S)O[C@@H]6[C@H](O)[C@@H](COP([O-])([O-])=S)O[C@H]6n6cnc7c(N)ncnc76)O[C@H]5n5cnc6c(N)ncnc65)O[C@H]4n4cnc5c(N)ncnc54)O[C@H]3n3cnc4c(N)ncnc43)O[C@H]2n2cnc3c(N)ncnc32)[C@@H](O)[C@H]1O. The van der Waals surface area contributed by atoms with E-state index in [0.717, 1.165) is 83.3 Å². The summed E-state index contributed by atoms with van der Waals surface area (Å²) in [5, 5.41) is 82.7. The maximum absolute atomic E-state index is 14.9. The maximum atomic E-state index is 14.9. The van der Waals surface area contributed by atoms with E-state index in [1.54, 1.807) is 0 Å². The summed E-state index contributed by atoms with van der Waals surface area (Å²) in [7, 11) is 0. The Morgan fingerprint density at radius 2 is 0.429 bits per heavy atom. The molecule has 12 aromatic heterocycles. The summed E-state index contributed by atoms with van der Waals surface area (Å²) >= 11 is 31.3. The number of nitrogens with zero attached hydrogens (tertiary/aromatic N) is 24.